The lowest BCUT2D eigenvalue weighted by molar-refractivity contribution is 0.252. The van der Waals surface area contributed by atoms with Gasteiger partial charge in [0.1, 0.15) is 0 Å². The Labute approximate surface area is 95.1 Å². The Hall–Kier alpha value is -0.300. The van der Waals surface area contributed by atoms with Gasteiger partial charge in [-0.3, -0.25) is 0 Å². The normalized spacial score (nSPS) is 34.5. The van der Waals surface area contributed by atoms with Crippen molar-refractivity contribution in [1.82, 2.24) is 0 Å². The van der Waals surface area contributed by atoms with Gasteiger partial charge in [0.25, 0.3) is 0 Å². The van der Waals surface area contributed by atoms with E-state index in [9.17, 15) is 0 Å². The van der Waals surface area contributed by atoms with E-state index < -0.39 is 0 Å². The third kappa shape index (κ3) is 4.83. The van der Waals surface area contributed by atoms with Gasteiger partial charge in [-0.25, -0.2) is 0 Å². The summed E-state index contributed by atoms with van der Waals surface area (Å²) in [5.74, 6) is 2.62. The second kappa shape index (κ2) is 6.32. The second-order valence-electron chi connectivity index (χ2n) is 5.51. The van der Waals surface area contributed by atoms with Crippen molar-refractivity contribution in [3.8, 4) is 0 Å². The Kier molecular flexibility index (Phi) is 5.38. The zero-order chi connectivity index (χ0) is 11.3. The minimum Gasteiger partial charge on any atom is -0.327 e. The number of allylic oxidation sites excluding steroid dienone is 1. The summed E-state index contributed by atoms with van der Waals surface area (Å²) < 4.78 is 0. The molecule has 15 heavy (non-hydrogen) atoms. The van der Waals surface area contributed by atoms with Crippen molar-refractivity contribution in [1.29, 1.82) is 0 Å². The Morgan fingerprint density at radius 1 is 1.20 bits per heavy atom. The van der Waals surface area contributed by atoms with Gasteiger partial charge < -0.3 is 5.73 Å². The molecule has 1 saturated carbocycles. The van der Waals surface area contributed by atoms with Gasteiger partial charge in [0.05, 0.1) is 0 Å². The van der Waals surface area contributed by atoms with Crippen LogP contribution in [-0.2, 0) is 0 Å². The molecule has 0 radical (unpaired) electrons. The van der Waals surface area contributed by atoms with E-state index in [1.807, 2.05) is 0 Å². The fraction of sp³-hybridized carbons (Fsp3) is 0.857. The zero-order valence-corrected chi connectivity index (χ0v) is 10.6. The highest BCUT2D eigenvalue weighted by Crippen LogP contribution is 2.33. The first kappa shape index (κ1) is 12.8. The van der Waals surface area contributed by atoms with Gasteiger partial charge in [0, 0.05) is 6.04 Å². The van der Waals surface area contributed by atoms with Crippen LogP contribution >= 0.6 is 0 Å². The molecule has 1 rings (SSSR count). The van der Waals surface area contributed by atoms with E-state index in [2.05, 4.69) is 32.9 Å². The van der Waals surface area contributed by atoms with Gasteiger partial charge in [-0.2, -0.15) is 0 Å². The molecular formula is C14H27N. The standard InChI is InChI=1S/C14H27N/c1-4-14(15)7-5-6-13-9-11(2)8-12(3)10-13/h5-6,11-14H,4,7-10,15H2,1-3H3/b6-5+. The molecule has 1 fully saturated rings. The molecule has 3 unspecified atom stereocenters. The van der Waals surface area contributed by atoms with Crippen LogP contribution < -0.4 is 5.73 Å². The molecular weight excluding hydrogens is 182 g/mol. The summed E-state index contributed by atoms with van der Waals surface area (Å²) in [5.41, 5.74) is 5.89. The molecule has 1 heteroatoms. The first-order valence-corrected chi connectivity index (χ1v) is 6.54. The molecule has 0 aromatic heterocycles. The molecule has 0 heterocycles. The molecule has 0 spiro atoms. The molecule has 0 aliphatic heterocycles. The first-order chi connectivity index (χ1) is 7.11. The summed E-state index contributed by atoms with van der Waals surface area (Å²) in [4.78, 5) is 0. The lowest BCUT2D eigenvalue weighted by Gasteiger charge is -2.29. The molecule has 1 aliphatic carbocycles. The van der Waals surface area contributed by atoms with Crippen LogP contribution in [0, 0.1) is 17.8 Å². The van der Waals surface area contributed by atoms with E-state index in [1.165, 1.54) is 19.3 Å². The number of nitrogens with two attached hydrogens (primary N) is 1. The molecule has 88 valence electrons. The van der Waals surface area contributed by atoms with Crippen molar-refractivity contribution in [3.63, 3.8) is 0 Å². The summed E-state index contributed by atoms with van der Waals surface area (Å²) in [7, 11) is 0. The maximum absolute atomic E-state index is 5.89. The van der Waals surface area contributed by atoms with Crippen LogP contribution in [0.2, 0.25) is 0 Å². The number of hydrogen-bond acceptors (Lipinski definition) is 1. The molecule has 0 aromatic rings. The molecule has 0 saturated heterocycles. The summed E-state index contributed by atoms with van der Waals surface area (Å²) in [6, 6.07) is 0.361. The van der Waals surface area contributed by atoms with E-state index in [-0.39, 0.29) is 0 Å². The zero-order valence-electron chi connectivity index (χ0n) is 10.6. The van der Waals surface area contributed by atoms with Crippen LogP contribution in [0.3, 0.4) is 0 Å². The molecule has 0 aromatic carbocycles. The van der Waals surface area contributed by atoms with E-state index >= 15 is 0 Å². The van der Waals surface area contributed by atoms with Crippen LogP contribution in [0.5, 0.6) is 0 Å². The molecule has 1 nitrogen and oxygen atoms in total. The van der Waals surface area contributed by atoms with Gasteiger partial charge >= 0.3 is 0 Å². The van der Waals surface area contributed by atoms with Gasteiger partial charge in [0.2, 0.25) is 0 Å². The monoisotopic (exact) mass is 209 g/mol. The van der Waals surface area contributed by atoms with E-state index in [0.717, 1.165) is 30.6 Å². The predicted octanol–water partition coefficient (Wildman–Crippen LogP) is 3.74. The molecule has 3 atom stereocenters. The Bertz CT molecular complexity index is 188. The number of rotatable bonds is 4. The molecule has 2 N–H and O–H groups in total. The van der Waals surface area contributed by atoms with Crippen LogP contribution in [0.25, 0.3) is 0 Å². The van der Waals surface area contributed by atoms with Gasteiger partial charge in [0.15, 0.2) is 0 Å². The average Bonchev–Trinajstić information content (AvgIpc) is 2.16. The summed E-state index contributed by atoms with van der Waals surface area (Å²) in [6.07, 6.45) is 11.0. The average molecular weight is 209 g/mol. The highest BCUT2D eigenvalue weighted by molar-refractivity contribution is 4.93. The highest BCUT2D eigenvalue weighted by atomic mass is 14.6. The summed E-state index contributed by atoms with van der Waals surface area (Å²) in [6.45, 7) is 6.92. The number of hydrogen-bond donors (Lipinski definition) is 1. The molecule has 1 aliphatic rings. The van der Waals surface area contributed by atoms with Crippen molar-refractivity contribution in [2.75, 3.05) is 0 Å². The van der Waals surface area contributed by atoms with Gasteiger partial charge in [-0.1, -0.05) is 32.9 Å². The highest BCUT2D eigenvalue weighted by Gasteiger charge is 2.21. The maximum atomic E-state index is 5.89. The van der Waals surface area contributed by atoms with Crippen molar-refractivity contribution >= 4 is 0 Å². The van der Waals surface area contributed by atoms with Crippen LogP contribution in [0.4, 0.5) is 0 Å². The topological polar surface area (TPSA) is 26.0 Å². The van der Waals surface area contributed by atoms with Crippen molar-refractivity contribution < 1.29 is 0 Å². The minimum atomic E-state index is 0.361. The van der Waals surface area contributed by atoms with Crippen LogP contribution in [0.15, 0.2) is 12.2 Å². The first-order valence-electron chi connectivity index (χ1n) is 6.54. The van der Waals surface area contributed by atoms with Crippen molar-refractivity contribution in [2.24, 2.45) is 23.5 Å². The third-order valence-corrected chi connectivity index (χ3v) is 3.59. The van der Waals surface area contributed by atoms with Gasteiger partial charge in [-0.05, 0) is 49.9 Å². The van der Waals surface area contributed by atoms with Crippen molar-refractivity contribution in [3.05, 3.63) is 12.2 Å². The second-order valence-corrected chi connectivity index (χ2v) is 5.51. The Balaban J connectivity index is 2.30. The fourth-order valence-electron chi connectivity index (χ4n) is 2.78. The smallest absolute Gasteiger partial charge is 0.00707 e. The maximum Gasteiger partial charge on any atom is 0.00707 e. The summed E-state index contributed by atoms with van der Waals surface area (Å²) >= 11 is 0. The fourth-order valence-corrected chi connectivity index (χ4v) is 2.78. The Morgan fingerprint density at radius 2 is 1.80 bits per heavy atom. The quantitative estimate of drug-likeness (QED) is 0.701. The summed E-state index contributed by atoms with van der Waals surface area (Å²) in [5, 5.41) is 0. The van der Waals surface area contributed by atoms with E-state index in [1.54, 1.807) is 0 Å². The third-order valence-electron chi connectivity index (χ3n) is 3.59. The van der Waals surface area contributed by atoms with Crippen LogP contribution in [0.1, 0.15) is 52.9 Å². The predicted molar refractivity (Wildman–Crippen MR) is 67.7 cm³/mol. The van der Waals surface area contributed by atoms with Gasteiger partial charge in [-0.15, -0.1) is 0 Å². The lowest BCUT2D eigenvalue weighted by Crippen LogP contribution is -2.19. The molecule has 0 amide bonds. The minimum absolute atomic E-state index is 0.361. The Morgan fingerprint density at radius 3 is 2.33 bits per heavy atom. The van der Waals surface area contributed by atoms with E-state index in [4.69, 9.17) is 5.73 Å². The SMILES string of the molecule is CCC(N)C/C=C/C1CC(C)CC(C)C1. The lowest BCUT2D eigenvalue weighted by atomic mass is 9.76. The van der Waals surface area contributed by atoms with E-state index in [0.29, 0.717) is 6.04 Å². The largest absolute Gasteiger partial charge is 0.327 e. The van der Waals surface area contributed by atoms with Crippen molar-refractivity contribution in [2.45, 2.75) is 58.9 Å². The van der Waals surface area contributed by atoms with Crippen LogP contribution in [-0.4, -0.2) is 6.04 Å². The molecule has 0 bridgehead atoms.